The van der Waals surface area contributed by atoms with Crippen molar-refractivity contribution in [2.75, 3.05) is 21.3 Å². The van der Waals surface area contributed by atoms with Crippen LogP contribution in [0, 0.1) is 0 Å². The second-order valence-electron chi connectivity index (χ2n) is 8.46. The molecule has 2 aromatic heterocycles. The molecule has 7 nitrogen and oxygen atoms in total. The molecule has 1 aliphatic rings. The molecule has 0 unspecified atom stereocenters. The number of para-hydroxylation sites is 1. The molecular weight excluding hydrogens is 454 g/mol. The molecule has 0 fully saturated rings. The van der Waals surface area contributed by atoms with Crippen LogP contribution in [0.5, 0.6) is 17.2 Å². The van der Waals surface area contributed by atoms with Gasteiger partial charge in [-0.05, 0) is 65.9 Å². The third-order valence-corrected chi connectivity index (χ3v) is 6.35. The molecule has 2 heterocycles. The second kappa shape index (κ2) is 10.1. The fourth-order valence-electron chi connectivity index (χ4n) is 4.69. The number of benzene rings is 2. The third-order valence-electron chi connectivity index (χ3n) is 6.35. The molecule has 36 heavy (non-hydrogen) atoms. The summed E-state index contributed by atoms with van der Waals surface area (Å²) in [5, 5.41) is 3.90. The van der Waals surface area contributed by atoms with E-state index in [1.165, 1.54) is 0 Å². The summed E-state index contributed by atoms with van der Waals surface area (Å²) in [7, 11) is 4.78. The van der Waals surface area contributed by atoms with Crippen LogP contribution in [0.3, 0.4) is 0 Å². The molecule has 0 atom stereocenters. The molecule has 1 N–H and O–H groups in total. The van der Waals surface area contributed by atoms with Crippen molar-refractivity contribution in [3.05, 3.63) is 88.9 Å². The number of carbonyl (C=O) groups excluding carboxylic acids is 1. The standard InChI is InChI=1S/C29H27N3O4/c1-34-24-15-18(16-25(35-2)28(24)36-3)14-19-11-12-22-26(21-9-4-5-10-23(21)32-27(19)22)29(33)31-17-20-8-6-7-13-30-20/h4-10,13-16H,11-12,17H2,1-3H3,(H,31,33). The molecular formula is C29H27N3O4. The molecule has 0 saturated carbocycles. The third kappa shape index (κ3) is 4.35. The van der Waals surface area contributed by atoms with Crippen LogP contribution in [0.4, 0.5) is 0 Å². The topological polar surface area (TPSA) is 82.6 Å². The largest absolute Gasteiger partial charge is 0.493 e. The minimum absolute atomic E-state index is 0.121. The lowest BCUT2D eigenvalue weighted by atomic mass is 9.99. The number of hydrogen-bond acceptors (Lipinski definition) is 6. The van der Waals surface area contributed by atoms with E-state index in [9.17, 15) is 4.79 Å². The Hall–Kier alpha value is -4.39. The molecule has 2 aromatic carbocycles. The van der Waals surface area contributed by atoms with Crippen molar-refractivity contribution in [1.82, 2.24) is 15.3 Å². The van der Waals surface area contributed by atoms with Gasteiger partial charge in [0, 0.05) is 11.6 Å². The van der Waals surface area contributed by atoms with Gasteiger partial charge in [0.15, 0.2) is 11.5 Å². The van der Waals surface area contributed by atoms with Crippen molar-refractivity contribution in [1.29, 1.82) is 0 Å². The van der Waals surface area contributed by atoms with Crippen LogP contribution in [-0.4, -0.2) is 37.2 Å². The summed E-state index contributed by atoms with van der Waals surface area (Å²) in [4.78, 5) is 22.7. The summed E-state index contributed by atoms with van der Waals surface area (Å²) in [6.45, 7) is 0.360. The number of nitrogens with one attached hydrogen (secondary N) is 1. The average molecular weight is 482 g/mol. The Bertz CT molecular complexity index is 1440. The summed E-state index contributed by atoms with van der Waals surface area (Å²) in [6, 6.07) is 17.3. The number of aromatic nitrogens is 2. The quantitative estimate of drug-likeness (QED) is 0.397. The first-order valence-electron chi connectivity index (χ1n) is 11.7. The zero-order valence-corrected chi connectivity index (χ0v) is 20.5. The van der Waals surface area contributed by atoms with Crippen LogP contribution < -0.4 is 19.5 Å². The summed E-state index contributed by atoms with van der Waals surface area (Å²) in [5.41, 5.74) is 6.06. The molecule has 1 amide bonds. The lowest BCUT2D eigenvalue weighted by Crippen LogP contribution is -2.25. The molecule has 1 aliphatic carbocycles. The molecule has 0 radical (unpaired) electrons. The zero-order valence-electron chi connectivity index (χ0n) is 20.5. The van der Waals surface area contributed by atoms with Gasteiger partial charge >= 0.3 is 0 Å². The highest BCUT2D eigenvalue weighted by Crippen LogP contribution is 2.41. The van der Waals surface area contributed by atoms with E-state index in [-0.39, 0.29) is 5.91 Å². The number of pyridine rings is 2. The number of amides is 1. The molecule has 0 aliphatic heterocycles. The van der Waals surface area contributed by atoms with Gasteiger partial charge in [0.05, 0.1) is 50.3 Å². The van der Waals surface area contributed by atoms with Crippen molar-refractivity contribution < 1.29 is 19.0 Å². The van der Waals surface area contributed by atoms with Crippen LogP contribution in [0.2, 0.25) is 0 Å². The number of fused-ring (bicyclic) bond motifs is 2. The first kappa shape index (κ1) is 23.4. The molecule has 5 rings (SSSR count). The van der Waals surface area contributed by atoms with Crippen LogP contribution in [0.1, 0.15) is 39.3 Å². The normalized spacial score (nSPS) is 13.5. The van der Waals surface area contributed by atoms with Gasteiger partial charge in [-0.25, -0.2) is 4.98 Å². The number of nitrogens with zero attached hydrogens (tertiary/aromatic N) is 2. The van der Waals surface area contributed by atoms with E-state index in [1.54, 1.807) is 27.5 Å². The van der Waals surface area contributed by atoms with Crippen molar-refractivity contribution in [3.8, 4) is 17.2 Å². The highest BCUT2D eigenvalue weighted by atomic mass is 16.5. The smallest absolute Gasteiger partial charge is 0.252 e. The average Bonchev–Trinajstić information content (AvgIpc) is 3.31. The van der Waals surface area contributed by atoms with E-state index in [4.69, 9.17) is 19.2 Å². The van der Waals surface area contributed by atoms with E-state index in [0.29, 0.717) is 29.4 Å². The maximum atomic E-state index is 13.5. The van der Waals surface area contributed by atoms with Gasteiger partial charge in [-0.1, -0.05) is 24.3 Å². The lowest BCUT2D eigenvalue weighted by Gasteiger charge is -2.14. The van der Waals surface area contributed by atoms with Gasteiger partial charge in [0.25, 0.3) is 5.91 Å². The van der Waals surface area contributed by atoms with Crippen LogP contribution in [0.15, 0.2) is 60.8 Å². The maximum absolute atomic E-state index is 13.5. The Morgan fingerprint density at radius 2 is 1.72 bits per heavy atom. The molecule has 7 heteroatoms. The lowest BCUT2D eigenvalue weighted by molar-refractivity contribution is 0.0951. The molecule has 0 bridgehead atoms. The maximum Gasteiger partial charge on any atom is 0.252 e. The van der Waals surface area contributed by atoms with Gasteiger partial charge in [-0.15, -0.1) is 0 Å². The predicted octanol–water partition coefficient (Wildman–Crippen LogP) is 5.07. The summed E-state index contributed by atoms with van der Waals surface area (Å²) < 4.78 is 16.5. The van der Waals surface area contributed by atoms with Crippen molar-refractivity contribution in [2.24, 2.45) is 0 Å². The highest BCUT2D eigenvalue weighted by Gasteiger charge is 2.27. The minimum atomic E-state index is -0.121. The predicted molar refractivity (Wildman–Crippen MR) is 139 cm³/mol. The van der Waals surface area contributed by atoms with Gasteiger partial charge in [-0.3, -0.25) is 9.78 Å². The summed E-state index contributed by atoms with van der Waals surface area (Å²) in [6.07, 6.45) is 5.31. The first-order chi connectivity index (χ1) is 17.6. The second-order valence-corrected chi connectivity index (χ2v) is 8.46. The van der Waals surface area contributed by atoms with Crippen molar-refractivity contribution in [2.45, 2.75) is 19.4 Å². The van der Waals surface area contributed by atoms with Crippen LogP contribution in [-0.2, 0) is 13.0 Å². The minimum Gasteiger partial charge on any atom is -0.493 e. The fourth-order valence-corrected chi connectivity index (χ4v) is 4.69. The first-order valence-corrected chi connectivity index (χ1v) is 11.7. The van der Waals surface area contributed by atoms with E-state index in [1.807, 2.05) is 54.6 Å². The molecule has 4 aromatic rings. The fraction of sp³-hybridized carbons (Fsp3) is 0.207. The van der Waals surface area contributed by atoms with Crippen molar-refractivity contribution in [3.63, 3.8) is 0 Å². The number of hydrogen-bond donors (Lipinski definition) is 1. The number of rotatable bonds is 7. The summed E-state index contributed by atoms with van der Waals surface area (Å²) >= 11 is 0. The van der Waals surface area contributed by atoms with E-state index < -0.39 is 0 Å². The molecule has 0 spiro atoms. The monoisotopic (exact) mass is 481 g/mol. The van der Waals surface area contributed by atoms with Crippen molar-refractivity contribution >= 4 is 28.5 Å². The number of ether oxygens (including phenoxy) is 3. The van der Waals surface area contributed by atoms with E-state index >= 15 is 0 Å². The Morgan fingerprint density at radius 3 is 2.42 bits per heavy atom. The van der Waals surface area contributed by atoms with Gasteiger partial charge < -0.3 is 19.5 Å². The molecule has 0 saturated heterocycles. The van der Waals surface area contributed by atoms with Crippen LogP contribution >= 0.6 is 0 Å². The Labute approximate surface area is 209 Å². The van der Waals surface area contributed by atoms with Gasteiger partial charge in [0.2, 0.25) is 5.75 Å². The van der Waals surface area contributed by atoms with Gasteiger partial charge in [-0.2, -0.15) is 0 Å². The Morgan fingerprint density at radius 1 is 0.972 bits per heavy atom. The van der Waals surface area contributed by atoms with E-state index in [0.717, 1.165) is 51.8 Å². The number of allylic oxidation sites excluding steroid dienone is 1. The SMILES string of the molecule is COc1cc(C=C2CCc3c2nc2ccccc2c3C(=O)NCc2ccccn2)cc(OC)c1OC. The highest BCUT2D eigenvalue weighted by molar-refractivity contribution is 6.09. The Kier molecular flexibility index (Phi) is 6.54. The van der Waals surface area contributed by atoms with Crippen LogP contribution in [0.25, 0.3) is 22.6 Å². The van der Waals surface area contributed by atoms with Gasteiger partial charge in [0.1, 0.15) is 0 Å². The van der Waals surface area contributed by atoms with E-state index in [2.05, 4.69) is 16.4 Å². The number of carbonyl (C=O) groups is 1. The zero-order chi connectivity index (χ0) is 25.1. The molecule has 182 valence electrons. The Balaban J connectivity index is 1.57. The summed E-state index contributed by atoms with van der Waals surface area (Å²) in [5.74, 6) is 1.60. The number of methoxy groups -OCH3 is 3.